The molecule has 0 atom stereocenters. The lowest BCUT2D eigenvalue weighted by Crippen LogP contribution is -2.36. The molecule has 0 radical (unpaired) electrons. The monoisotopic (exact) mass is 348 g/mol. The molecule has 26 heavy (non-hydrogen) atoms. The number of carbonyl (C=O) groups is 1. The molecule has 132 valence electrons. The van der Waals surface area contributed by atoms with E-state index in [0.29, 0.717) is 12.8 Å². The Hall–Kier alpha value is -3.08. The van der Waals surface area contributed by atoms with Crippen molar-refractivity contribution in [3.63, 3.8) is 0 Å². The first-order valence-electron chi connectivity index (χ1n) is 8.78. The smallest absolute Gasteiger partial charge is 0.306 e. The van der Waals surface area contributed by atoms with Crippen molar-refractivity contribution < 1.29 is 15.0 Å². The van der Waals surface area contributed by atoms with Gasteiger partial charge in [0.15, 0.2) is 0 Å². The van der Waals surface area contributed by atoms with Gasteiger partial charge in [0.1, 0.15) is 11.6 Å². The largest absolute Gasteiger partial charge is 0.508 e. The summed E-state index contributed by atoms with van der Waals surface area (Å²) in [5.74, 6) is 0.226. The van der Waals surface area contributed by atoms with Crippen LogP contribution in [-0.2, 0) is 4.79 Å². The van der Waals surface area contributed by atoms with Crippen LogP contribution in [-0.4, -0.2) is 34.3 Å². The molecule has 1 fully saturated rings. The number of carboxylic acids is 1. The van der Waals surface area contributed by atoms with Gasteiger partial charge in [-0.25, -0.2) is 4.98 Å². The molecule has 1 aliphatic heterocycles. The van der Waals surface area contributed by atoms with Gasteiger partial charge >= 0.3 is 5.97 Å². The normalized spacial score (nSPS) is 15.3. The summed E-state index contributed by atoms with van der Waals surface area (Å²) in [6.45, 7) is 1.45. The van der Waals surface area contributed by atoms with Crippen molar-refractivity contribution in [3.05, 3.63) is 54.6 Å². The van der Waals surface area contributed by atoms with Crippen LogP contribution in [0.15, 0.2) is 54.6 Å². The van der Waals surface area contributed by atoms with E-state index in [2.05, 4.69) is 17.0 Å². The van der Waals surface area contributed by atoms with Crippen molar-refractivity contribution in [2.24, 2.45) is 5.92 Å². The molecule has 5 nitrogen and oxygen atoms in total. The number of phenols is 1. The summed E-state index contributed by atoms with van der Waals surface area (Å²) in [4.78, 5) is 18.0. The SMILES string of the molecule is O=C(O)C1CCN(c2ccc3cc(-c4ccc(O)cc4)ccc3n2)CC1. The van der Waals surface area contributed by atoms with Gasteiger partial charge in [0, 0.05) is 18.5 Å². The summed E-state index contributed by atoms with van der Waals surface area (Å²) in [6, 6.07) is 17.3. The van der Waals surface area contributed by atoms with E-state index in [1.807, 2.05) is 30.3 Å². The fourth-order valence-corrected chi connectivity index (χ4v) is 3.48. The third-order valence-electron chi connectivity index (χ3n) is 5.04. The summed E-state index contributed by atoms with van der Waals surface area (Å²) >= 11 is 0. The van der Waals surface area contributed by atoms with Gasteiger partial charge in [0.25, 0.3) is 0 Å². The minimum absolute atomic E-state index is 0.237. The van der Waals surface area contributed by atoms with Gasteiger partial charge in [-0.05, 0) is 60.4 Å². The first-order chi connectivity index (χ1) is 12.6. The zero-order valence-electron chi connectivity index (χ0n) is 14.3. The van der Waals surface area contributed by atoms with Crippen LogP contribution < -0.4 is 4.90 Å². The van der Waals surface area contributed by atoms with E-state index in [4.69, 9.17) is 10.1 Å². The average molecular weight is 348 g/mol. The Balaban J connectivity index is 1.58. The second-order valence-electron chi connectivity index (χ2n) is 6.72. The maximum atomic E-state index is 11.1. The Morgan fingerprint density at radius 3 is 2.35 bits per heavy atom. The molecule has 5 heteroatoms. The van der Waals surface area contributed by atoms with Crippen LogP contribution in [0.1, 0.15) is 12.8 Å². The van der Waals surface area contributed by atoms with Crippen molar-refractivity contribution in [3.8, 4) is 16.9 Å². The lowest BCUT2D eigenvalue weighted by atomic mass is 9.97. The fourth-order valence-electron chi connectivity index (χ4n) is 3.48. The predicted molar refractivity (Wildman–Crippen MR) is 101 cm³/mol. The van der Waals surface area contributed by atoms with Gasteiger partial charge in [-0.15, -0.1) is 0 Å². The van der Waals surface area contributed by atoms with Crippen molar-refractivity contribution in [2.45, 2.75) is 12.8 Å². The zero-order valence-corrected chi connectivity index (χ0v) is 14.3. The Bertz CT molecular complexity index is 945. The number of nitrogens with zero attached hydrogens (tertiary/aromatic N) is 2. The van der Waals surface area contributed by atoms with Crippen molar-refractivity contribution in [1.29, 1.82) is 0 Å². The number of hydrogen-bond acceptors (Lipinski definition) is 4. The Morgan fingerprint density at radius 2 is 1.65 bits per heavy atom. The number of aliphatic carboxylic acids is 1. The van der Waals surface area contributed by atoms with Crippen LogP contribution in [0.2, 0.25) is 0 Å². The molecule has 2 aromatic carbocycles. The number of rotatable bonds is 3. The molecule has 0 spiro atoms. The van der Waals surface area contributed by atoms with Crippen molar-refractivity contribution in [1.82, 2.24) is 4.98 Å². The fraction of sp³-hybridized carbons (Fsp3) is 0.238. The average Bonchev–Trinajstić information content (AvgIpc) is 2.68. The summed E-state index contributed by atoms with van der Waals surface area (Å²) in [5.41, 5.74) is 3.05. The molecule has 0 unspecified atom stereocenters. The van der Waals surface area contributed by atoms with Gasteiger partial charge in [-0.2, -0.15) is 0 Å². The number of phenolic OH excluding ortho intramolecular Hbond substituents is 1. The third kappa shape index (κ3) is 3.20. The van der Waals surface area contributed by atoms with Gasteiger partial charge in [0.2, 0.25) is 0 Å². The number of fused-ring (bicyclic) bond motifs is 1. The van der Waals surface area contributed by atoms with Gasteiger partial charge < -0.3 is 15.1 Å². The lowest BCUT2D eigenvalue weighted by Gasteiger charge is -2.31. The molecule has 4 rings (SSSR count). The van der Waals surface area contributed by atoms with Crippen LogP contribution in [0.4, 0.5) is 5.82 Å². The number of benzene rings is 2. The van der Waals surface area contributed by atoms with Crippen LogP contribution in [0.25, 0.3) is 22.0 Å². The number of aromatic hydroxyl groups is 1. The topological polar surface area (TPSA) is 73.7 Å². The quantitative estimate of drug-likeness (QED) is 0.751. The second-order valence-corrected chi connectivity index (χ2v) is 6.72. The van der Waals surface area contributed by atoms with E-state index in [-0.39, 0.29) is 11.7 Å². The summed E-state index contributed by atoms with van der Waals surface area (Å²) in [6.07, 6.45) is 1.32. The zero-order chi connectivity index (χ0) is 18.1. The molecule has 1 aliphatic rings. The minimum atomic E-state index is -0.696. The molecular formula is C21H20N2O3. The summed E-state index contributed by atoms with van der Waals surface area (Å²) in [5, 5.41) is 19.6. The number of hydrogen-bond donors (Lipinski definition) is 2. The molecule has 1 saturated heterocycles. The molecule has 0 amide bonds. The second kappa shape index (κ2) is 6.67. The molecule has 0 saturated carbocycles. The molecule has 2 heterocycles. The summed E-state index contributed by atoms with van der Waals surface area (Å²) < 4.78 is 0. The number of anilines is 1. The maximum Gasteiger partial charge on any atom is 0.306 e. The predicted octanol–water partition coefficient (Wildman–Crippen LogP) is 3.91. The van der Waals surface area contributed by atoms with Crippen LogP contribution in [0.5, 0.6) is 5.75 Å². The summed E-state index contributed by atoms with van der Waals surface area (Å²) in [7, 11) is 0. The molecule has 2 N–H and O–H groups in total. The lowest BCUT2D eigenvalue weighted by molar-refractivity contribution is -0.142. The van der Waals surface area contributed by atoms with Gasteiger partial charge in [-0.1, -0.05) is 18.2 Å². The molecular weight excluding hydrogens is 328 g/mol. The highest BCUT2D eigenvalue weighted by molar-refractivity contribution is 5.85. The number of piperidine rings is 1. The minimum Gasteiger partial charge on any atom is -0.508 e. The Morgan fingerprint density at radius 1 is 0.962 bits per heavy atom. The van der Waals surface area contributed by atoms with E-state index in [9.17, 15) is 9.90 Å². The van der Waals surface area contributed by atoms with Gasteiger partial charge in [-0.3, -0.25) is 4.79 Å². The maximum absolute atomic E-state index is 11.1. The van der Waals surface area contributed by atoms with Crippen LogP contribution in [0, 0.1) is 5.92 Å². The van der Waals surface area contributed by atoms with Crippen molar-refractivity contribution >= 4 is 22.7 Å². The third-order valence-corrected chi connectivity index (χ3v) is 5.04. The Kier molecular flexibility index (Phi) is 4.21. The van der Waals surface area contributed by atoms with Crippen LogP contribution in [0.3, 0.4) is 0 Å². The first-order valence-corrected chi connectivity index (χ1v) is 8.78. The van der Waals surface area contributed by atoms with E-state index < -0.39 is 5.97 Å². The standard InChI is InChI=1S/C21H20N2O3/c24-18-5-1-14(2-6-18)16-3-7-19-17(13-16)4-8-20(22-19)23-11-9-15(10-12-23)21(25)26/h1-8,13,15,24H,9-12H2,(H,25,26). The highest BCUT2D eigenvalue weighted by Gasteiger charge is 2.25. The molecule has 1 aromatic heterocycles. The van der Waals surface area contributed by atoms with E-state index in [0.717, 1.165) is 40.9 Å². The van der Waals surface area contributed by atoms with E-state index in [1.54, 1.807) is 12.1 Å². The highest BCUT2D eigenvalue weighted by atomic mass is 16.4. The highest BCUT2D eigenvalue weighted by Crippen LogP contribution is 2.28. The number of carboxylic acid groups (broad SMARTS) is 1. The molecule has 0 bridgehead atoms. The van der Waals surface area contributed by atoms with E-state index >= 15 is 0 Å². The van der Waals surface area contributed by atoms with Crippen molar-refractivity contribution in [2.75, 3.05) is 18.0 Å². The van der Waals surface area contributed by atoms with E-state index in [1.165, 1.54) is 0 Å². The molecule has 0 aliphatic carbocycles. The number of aromatic nitrogens is 1. The van der Waals surface area contributed by atoms with Gasteiger partial charge in [0.05, 0.1) is 11.4 Å². The Labute approximate surface area is 151 Å². The van der Waals surface area contributed by atoms with Crippen LogP contribution >= 0.6 is 0 Å². The molecule has 3 aromatic rings. The number of pyridine rings is 1. The first kappa shape index (κ1) is 16.4.